The molecule has 0 aliphatic heterocycles. The van der Waals surface area contributed by atoms with Crippen LogP contribution in [0.25, 0.3) is 0 Å². The molecule has 0 amide bonds. The summed E-state index contributed by atoms with van der Waals surface area (Å²) in [6, 6.07) is 8.62. The van der Waals surface area contributed by atoms with E-state index in [4.69, 9.17) is 9.47 Å². The fourth-order valence-electron chi connectivity index (χ4n) is 2.46. The lowest BCUT2D eigenvalue weighted by Gasteiger charge is -2.39. The Morgan fingerprint density at radius 1 is 1.14 bits per heavy atom. The van der Waals surface area contributed by atoms with Crippen molar-refractivity contribution in [2.24, 2.45) is 5.41 Å². The van der Waals surface area contributed by atoms with Gasteiger partial charge in [-0.2, -0.15) is 0 Å². The number of benzene rings is 1. The highest BCUT2D eigenvalue weighted by Crippen LogP contribution is 2.35. The fourth-order valence-corrected chi connectivity index (χ4v) is 3.69. The molecule has 0 radical (unpaired) electrons. The van der Waals surface area contributed by atoms with Gasteiger partial charge in [0.1, 0.15) is 0 Å². The van der Waals surface area contributed by atoms with Crippen LogP contribution in [-0.2, 0) is 9.47 Å². The molecule has 0 saturated carbocycles. The molecule has 1 rings (SSSR count). The molecule has 0 bridgehead atoms. The summed E-state index contributed by atoms with van der Waals surface area (Å²) in [6.07, 6.45) is 2.97. The molecule has 0 aromatic heterocycles. The molecule has 0 saturated heterocycles. The zero-order chi connectivity index (χ0) is 15.9. The largest absolute Gasteiger partial charge is 0.380 e. The SMILES string of the molecule is C=CCC(OC)C(C)(C)C(CSc1ccc(C)cc1)OC. The van der Waals surface area contributed by atoms with Crippen LogP contribution in [0.5, 0.6) is 0 Å². The van der Waals surface area contributed by atoms with Crippen LogP contribution in [0.4, 0.5) is 0 Å². The molecule has 2 unspecified atom stereocenters. The average Bonchev–Trinajstić information content (AvgIpc) is 2.46. The van der Waals surface area contributed by atoms with Gasteiger partial charge in [-0.1, -0.05) is 37.6 Å². The van der Waals surface area contributed by atoms with Gasteiger partial charge in [-0.25, -0.2) is 0 Å². The third kappa shape index (κ3) is 5.17. The van der Waals surface area contributed by atoms with E-state index in [0.717, 1.165) is 12.2 Å². The summed E-state index contributed by atoms with van der Waals surface area (Å²) in [4.78, 5) is 1.27. The van der Waals surface area contributed by atoms with E-state index in [1.54, 1.807) is 14.2 Å². The molecule has 0 aliphatic carbocycles. The lowest BCUT2D eigenvalue weighted by Crippen LogP contribution is -2.43. The first-order chi connectivity index (χ1) is 9.95. The Morgan fingerprint density at radius 3 is 2.19 bits per heavy atom. The summed E-state index contributed by atoms with van der Waals surface area (Å²) in [5.41, 5.74) is 1.21. The fraction of sp³-hybridized carbons (Fsp3) is 0.556. The first-order valence-corrected chi connectivity index (χ1v) is 8.30. The maximum Gasteiger partial charge on any atom is 0.0740 e. The van der Waals surface area contributed by atoms with E-state index in [9.17, 15) is 0 Å². The second kappa shape index (κ2) is 8.62. The number of rotatable bonds is 9. The van der Waals surface area contributed by atoms with Crippen molar-refractivity contribution in [1.29, 1.82) is 0 Å². The van der Waals surface area contributed by atoms with Crippen LogP contribution in [-0.4, -0.2) is 32.2 Å². The summed E-state index contributed by atoms with van der Waals surface area (Å²) in [5, 5.41) is 0. The lowest BCUT2D eigenvalue weighted by molar-refractivity contribution is -0.0723. The van der Waals surface area contributed by atoms with E-state index in [0.29, 0.717) is 0 Å². The Labute approximate surface area is 133 Å². The smallest absolute Gasteiger partial charge is 0.0740 e. The van der Waals surface area contributed by atoms with E-state index < -0.39 is 0 Å². The quantitative estimate of drug-likeness (QED) is 0.486. The van der Waals surface area contributed by atoms with Crippen molar-refractivity contribution in [2.45, 2.75) is 44.3 Å². The third-order valence-corrected chi connectivity index (χ3v) is 5.11. The Morgan fingerprint density at radius 2 is 1.71 bits per heavy atom. The number of aryl methyl sites for hydroxylation is 1. The van der Waals surface area contributed by atoms with E-state index in [2.05, 4.69) is 51.6 Å². The van der Waals surface area contributed by atoms with Crippen molar-refractivity contribution in [3.8, 4) is 0 Å². The van der Waals surface area contributed by atoms with Gasteiger partial charge in [0.2, 0.25) is 0 Å². The molecule has 118 valence electrons. The predicted octanol–water partition coefficient (Wildman–Crippen LogP) is 4.72. The molecule has 1 aromatic rings. The zero-order valence-corrected chi connectivity index (χ0v) is 14.7. The highest BCUT2D eigenvalue weighted by Gasteiger charge is 2.37. The minimum Gasteiger partial charge on any atom is -0.380 e. The minimum atomic E-state index is -0.0740. The van der Waals surface area contributed by atoms with E-state index in [1.807, 2.05) is 17.8 Å². The number of thioether (sulfide) groups is 1. The molecule has 0 heterocycles. The molecule has 2 nitrogen and oxygen atoms in total. The molecule has 3 heteroatoms. The predicted molar refractivity (Wildman–Crippen MR) is 92.1 cm³/mol. The minimum absolute atomic E-state index is 0.0740. The van der Waals surface area contributed by atoms with E-state index in [-0.39, 0.29) is 17.6 Å². The van der Waals surface area contributed by atoms with Gasteiger partial charge < -0.3 is 9.47 Å². The Balaban J connectivity index is 2.72. The summed E-state index contributed by atoms with van der Waals surface area (Å²) < 4.78 is 11.4. The highest BCUT2D eigenvalue weighted by molar-refractivity contribution is 7.99. The van der Waals surface area contributed by atoms with Gasteiger partial charge in [0.15, 0.2) is 0 Å². The number of methoxy groups -OCH3 is 2. The lowest BCUT2D eigenvalue weighted by atomic mass is 9.79. The Bertz CT molecular complexity index is 425. The van der Waals surface area contributed by atoms with Gasteiger partial charge in [0, 0.05) is 30.3 Å². The van der Waals surface area contributed by atoms with Gasteiger partial charge in [-0.05, 0) is 25.5 Å². The number of ether oxygens (including phenoxy) is 2. The van der Waals surface area contributed by atoms with Gasteiger partial charge in [-0.3, -0.25) is 0 Å². The normalized spacial score (nSPS) is 14.7. The Kier molecular flexibility index (Phi) is 7.50. The van der Waals surface area contributed by atoms with Crippen LogP contribution in [0.1, 0.15) is 25.8 Å². The van der Waals surface area contributed by atoms with E-state index in [1.165, 1.54) is 10.5 Å². The van der Waals surface area contributed by atoms with Crippen LogP contribution in [0, 0.1) is 12.3 Å². The van der Waals surface area contributed by atoms with Crippen molar-refractivity contribution in [3.05, 3.63) is 42.5 Å². The topological polar surface area (TPSA) is 18.5 Å². The summed E-state index contributed by atoms with van der Waals surface area (Å²) in [5.74, 6) is 0.906. The van der Waals surface area contributed by atoms with Gasteiger partial charge >= 0.3 is 0 Å². The van der Waals surface area contributed by atoms with Crippen LogP contribution in [0.15, 0.2) is 41.8 Å². The van der Waals surface area contributed by atoms with Crippen LogP contribution >= 0.6 is 11.8 Å². The van der Waals surface area contributed by atoms with Crippen LogP contribution in [0.3, 0.4) is 0 Å². The van der Waals surface area contributed by atoms with Gasteiger partial charge in [0.25, 0.3) is 0 Å². The zero-order valence-electron chi connectivity index (χ0n) is 13.9. The van der Waals surface area contributed by atoms with Crippen molar-refractivity contribution in [3.63, 3.8) is 0 Å². The van der Waals surface area contributed by atoms with Gasteiger partial charge in [0.05, 0.1) is 12.2 Å². The summed E-state index contributed by atoms with van der Waals surface area (Å²) >= 11 is 1.83. The average molecular weight is 308 g/mol. The molecular formula is C18H28O2S. The standard InChI is InChI=1S/C18H28O2S/c1-7-8-16(19-5)18(3,4)17(20-6)13-21-15-11-9-14(2)10-12-15/h7,9-12,16-17H,1,8,13H2,2-6H3. The highest BCUT2D eigenvalue weighted by atomic mass is 32.2. The first kappa shape index (κ1) is 18.3. The number of hydrogen-bond acceptors (Lipinski definition) is 3. The third-order valence-electron chi connectivity index (χ3n) is 4.03. The second-order valence-electron chi connectivity index (χ2n) is 5.92. The number of hydrogen-bond donors (Lipinski definition) is 0. The molecule has 0 spiro atoms. The van der Waals surface area contributed by atoms with Crippen molar-refractivity contribution >= 4 is 11.8 Å². The summed E-state index contributed by atoms with van der Waals surface area (Å²) in [7, 11) is 3.54. The molecule has 0 N–H and O–H groups in total. The van der Waals surface area contributed by atoms with E-state index >= 15 is 0 Å². The molecule has 0 fully saturated rings. The van der Waals surface area contributed by atoms with Crippen molar-refractivity contribution in [1.82, 2.24) is 0 Å². The maximum atomic E-state index is 5.75. The molecular weight excluding hydrogens is 280 g/mol. The molecule has 2 atom stereocenters. The monoisotopic (exact) mass is 308 g/mol. The maximum absolute atomic E-state index is 5.75. The molecule has 0 aliphatic rings. The van der Waals surface area contributed by atoms with Gasteiger partial charge in [-0.15, -0.1) is 18.3 Å². The summed E-state index contributed by atoms with van der Waals surface area (Å²) in [6.45, 7) is 10.3. The van der Waals surface area contributed by atoms with Crippen molar-refractivity contribution < 1.29 is 9.47 Å². The Hall–Kier alpha value is -0.770. The van der Waals surface area contributed by atoms with Crippen molar-refractivity contribution in [2.75, 3.05) is 20.0 Å². The van der Waals surface area contributed by atoms with Crippen LogP contribution in [0.2, 0.25) is 0 Å². The first-order valence-electron chi connectivity index (χ1n) is 7.31. The second-order valence-corrected chi connectivity index (χ2v) is 7.01. The molecule has 21 heavy (non-hydrogen) atoms. The molecule has 1 aromatic carbocycles. The van der Waals surface area contributed by atoms with Crippen LogP contribution < -0.4 is 0 Å².